The molecular formula is C41H26O5. The highest BCUT2D eigenvalue weighted by Crippen LogP contribution is 2.35. The summed E-state index contributed by atoms with van der Waals surface area (Å²) in [5.74, 6) is 3.36. The first kappa shape index (κ1) is 28.7. The summed E-state index contributed by atoms with van der Waals surface area (Å²) in [6.07, 6.45) is 10.00. The molecule has 46 heavy (non-hydrogen) atoms. The van der Waals surface area contributed by atoms with Crippen LogP contribution in [0.1, 0.15) is 22.3 Å². The molecule has 0 aromatic heterocycles. The molecule has 0 aliphatic carbocycles. The topological polar surface area (TPSA) is 69.7 Å². The minimum Gasteiger partial charge on any atom is -0.457 e. The molecule has 0 atom stereocenters. The quantitative estimate of drug-likeness (QED) is 0.239. The van der Waals surface area contributed by atoms with Gasteiger partial charge in [0.25, 0.3) is 0 Å². The fraction of sp³-hybridized carbons (Fsp3) is 0. The molecule has 0 saturated heterocycles. The van der Waals surface area contributed by atoms with E-state index in [4.69, 9.17) is 9.47 Å². The Kier molecular flexibility index (Phi) is 7.80. The van der Waals surface area contributed by atoms with Gasteiger partial charge in [0.1, 0.15) is 23.0 Å². The first-order valence-electron chi connectivity index (χ1n) is 14.8. The molecule has 2 aliphatic rings. The van der Waals surface area contributed by atoms with Crippen LogP contribution in [-0.4, -0.2) is 0 Å². The van der Waals surface area contributed by atoms with E-state index in [-0.39, 0.29) is 10.4 Å². The van der Waals surface area contributed by atoms with Crippen LogP contribution in [0.15, 0.2) is 160 Å². The first-order valence-corrected chi connectivity index (χ1v) is 14.8. The Morgan fingerprint density at radius 1 is 0.348 bits per heavy atom. The lowest BCUT2D eigenvalue weighted by molar-refractivity contribution is 0.465. The number of hydrogen-bond donors (Lipinski definition) is 0. The maximum Gasteiger partial charge on any atom is 0.237 e. The molecule has 220 valence electrons. The van der Waals surface area contributed by atoms with Gasteiger partial charge in [0.2, 0.25) is 16.3 Å². The summed E-state index contributed by atoms with van der Waals surface area (Å²) in [5.41, 5.74) is 1.02. The van der Waals surface area contributed by atoms with Crippen LogP contribution < -0.4 is 26.7 Å². The summed E-state index contributed by atoms with van der Waals surface area (Å²) in [7, 11) is 0. The van der Waals surface area contributed by atoms with E-state index < -0.39 is 16.3 Å². The van der Waals surface area contributed by atoms with Gasteiger partial charge in [0.15, 0.2) is 0 Å². The van der Waals surface area contributed by atoms with Gasteiger partial charge in [0, 0.05) is 34.1 Å². The largest absolute Gasteiger partial charge is 0.457 e. The zero-order valence-electron chi connectivity index (χ0n) is 24.6. The lowest BCUT2D eigenvalue weighted by Gasteiger charge is -2.20. The maximum absolute atomic E-state index is 13.7. The van der Waals surface area contributed by atoms with Gasteiger partial charge in [-0.05, 0) is 24.3 Å². The van der Waals surface area contributed by atoms with E-state index >= 15 is 0 Å². The molecule has 5 heteroatoms. The van der Waals surface area contributed by atoms with Crippen LogP contribution in [0.3, 0.4) is 0 Å². The van der Waals surface area contributed by atoms with Crippen LogP contribution >= 0.6 is 0 Å². The average molecular weight is 599 g/mol. The molecule has 2 heterocycles. The van der Waals surface area contributed by atoms with Crippen LogP contribution in [0.5, 0.6) is 0 Å². The maximum atomic E-state index is 13.7. The van der Waals surface area contributed by atoms with Crippen molar-refractivity contribution < 1.29 is 9.47 Å². The van der Waals surface area contributed by atoms with E-state index in [2.05, 4.69) is 0 Å². The van der Waals surface area contributed by atoms with Crippen molar-refractivity contribution in [2.24, 2.45) is 0 Å². The summed E-state index contributed by atoms with van der Waals surface area (Å²) in [6.45, 7) is 0. The van der Waals surface area contributed by atoms with Crippen molar-refractivity contribution in [1.29, 1.82) is 0 Å². The van der Waals surface area contributed by atoms with Gasteiger partial charge in [-0.25, -0.2) is 0 Å². The van der Waals surface area contributed by atoms with E-state index in [1.807, 2.05) is 121 Å². The van der Waals surface area contributed by atoms with E-state index in [0.717, 1.165) is 22.3 Å². The molecule has 0 amide bonds. The Balaban J connectivity index is 1.34. The van der Waals surface area contributed by atoms with Crippen molar-refractivity contribution >= 4 is 35.2 Å². The van der Waals surface area contributed by atoms with Crippen LogP contribution in [0.2, 0.25) is 0 Å². The second kappa shape index (κ2) is 12.5. The second-order valence-electron chi connectivity index (χ2n) is 10.8. The lowest BCUT2D eigenvalue weighted by atomic mass is 9.98. The third kappa shape index (κ3) is 5.86. The molecule has 2 radical (unpaired) electrons. The molecule has 0 spiro atoms. The lowest BCUT2D eigenvalue weighted by Crippen LogP contribution is -2.37. The highest BCUT2D eigenvalue weighted by molar-refractivity contribution is 5.81. The molecule has 0 unspecified atom stereocenters. The summed E-state index contributed by atoms with van der Waals surface area (Å²) in [4.78, 5) is 40.3. The number of allylic oxidation sites excluding steroid dienone is 4. The summed E-state index contributed by atoms with van der Waals surface area (Å²) in [5, 5.41) is -0.375. The third-order valence-corrected chi connectivity index (χ3v) is 7.67. The first-order chi connectivity index (χ1) is 22.5. The summed E-state index contributed by atoms with van der Waals surface area (Å²) < 4.78 is 12.5. The number of hydrogen-bond acceptors (Lipinski definition) is 5. The van der Waals surface area contributed by atoms with Crippen LogP contribution in [0, 0.1) is 11.8 Å². The van der Waals surface area contributed by atoms with Gasteiger partial charge in [-0.2, -0.15) is 0 Å². The van der Waals surface area contributed by atoms with E-state index in [0.29, 0.717) is 34.9 Å². The molecule has 7 rings (SSSR count). The number of benzene rings is 4. The minimum atomic E-state index is -0.841. The highest BCUT2D eigenvalue weighted by atomic mass is 16.5. The van der Waals surface area contributed by atoms with Gasteiger partial charge in [-0.3, -0.25) is 14.4 Å². The molecule has 0 bridgehead atoms. The molecule has 0 N–H and O–H groups in total. The smallest absolute Gasteiger partial charge is 0.237 e. The predicted octanol–water partition coefficient (Wildman–Crippen LogP) is 5.58. The zero-order chi connectivity index (χ0) is 31.5. The van der Waals surface area contributed by atoms with Gasteiger partial charge in [0.05, 0.1) is 10.4 Å². The van der Waals surface area contributed by atoms with Gasteiger partial charge >= 0.3 is 0 Å². The molecule has 5 aromatic rings. The summed E-state index contributed by atoms with van der Waals surface area (Å²) >= 11 is 0. The Morgan fingerprint density at radius 2 is 0.609 bits per heavy atom. The molecular weight excluding hydrogens is 572 g/mol. The van der Waals surface area contributed by atoms with Crippen LogP contribution in [0.25, 0.3) is 35.2 Å². The standard InChI is InChI=1S/C41H26O5/c42-39-33(21-27-23-35(29-13-5-1-6-14-29)45-36(24-27)30-15-7-2-8-16-30)40(43)41(44)34(39)22-28-25-37(31-17-9-3-10-18-31)46-38(26-28)32-19-11-4-12-20-32/h1-26H/b33-21-,34-22-. The molecule has 5 nitrogen and oxygen atoms in total. The molecule has 0 fully saturated rings. The van der Waals surface area contributed by atoms with Gasteiger partial charge in [-0.15, -0.1) is 0 Å². The fourth-order valence-electron chi connectivity index (χ4n) is 5.38. The van der Waals surface area contributed by atoms with Crippen molar-refractivity contribution in [2.75, 3.05) is 0 Å². The van der Waals surface area contributed by atoms with Crippen molar-refractivity contribution in [2.45, 2.75) is 0 Å². The highest BCUT2D eigenvalue weighted by Gasteiger charge is 2.21. The number of rotatable bonds is 6. The Morgan fingerprint density at radius 3 is 0.870 bits per heavy atom. The molecule has 2 aliphatic heterocycles. The van der Waals surface area contributed by atoms with Crippen LogP contribution in [-0.2, 0) is 9.47 Å². The Bertz CT molecular complexity index is 2020. The van der Waals surface area contributed by atoms with Gasteiger partial charge in [-0.1, -0.05) is 133 Å². The molecule has 5 aromatic carbocycles. The van der Waals surface area contributed by atoms with E-state index in [1.165, 1.54) is 12.2 Å². The van der Waals surface area contributed by atoms with Crippen molar-refractivity contribution in [3.05, 3.63) is 221 Å². The van der Waals surface area contributed by atoms with E-state index in [9.17, 15) is 14.4 Å². The second-order valence-corrected chi connectivity index (χ2v) is 10.8. The third-order valence-electron chi connectivity index (χ3n) is 7.67. The average Bonchev–Trinajstić information content (AvgIpc) is 3.31. The SMILES string of the molecule is O=c1c(=O)/c(=C\[C]2C=C(c3ccccc3)OC(c3ccccc3)=C2)c(=O)/c1=C/[C]1C=C(c2ccccc2)OC(c2ccccc2)=C1. The van der Waals surface area contributed by atoms with E-state index in [1.54, 1.807) is 24.3 Å². The van der Waals surface area contributed by atoms with Crippen molar-refractivity contribution in [3.63, 3.8) is 0 Å². The van der Waals surface area contributed by atoms with Crippen molar-refractivity contribution in [1.82, 2.24) is 0 Å². The predicted molar refractivity (Wildman–Crippen MR) is 182 cm³/mol. The zero-order valence-corrected chi connectivity index (χ0v) is 24.6. The normalized spacial score (nSPS) is 16.2. The Hall–Kier alpha value is -6.07. The fourth-order valence-corrected chi connectivity index (χ4v) is 5.38. The number of ether oxygens (including phenoxy) is 2. The van der Waals surface area contributed by atoms with Gasteiger partial charge < -0.3 is 9.47 Å². The van der Waals surface area contributed by atoms with Crippen molar-refractivity contribution in [3.8, 4) is 0 Å². The minimum absolute atomic E-state index is 0.187. The van der Waals surface area contributed by atoms with Crippen LogP contribution in [0.4, 0.5) is 0 Å². The molecule has 0 saturated carbocycles. The monoisotopic (exact) mass is 598 g/mol. The summed E-state index contributed by atoms with van der Waals surface area (Å²) in [6, 6.07) is 38.2. The Labute approximate surface area is 265 Å².